The quantitative estimate of drug-likeness (QED) is 0.668. The molecule has 0 spiro atoms. The SMILES string of the molecule is NNC(c1ccc(-c2ccccc2)cc1)C1CCCOC1. The molecule has 1 saturated heterocycles. The van der Waals surface area contributed by atoms with Crippen LogP contribution in [0.3, 0.4) is 0 Å². The first-order valence-electron chi connectivity index (χ1n) is 7.58. The molecule has 1 aliphatic rings. The van der Waals surface area contributed by atoms with Crippen LogP contribution in [0.2, 0.25) is 0 Å². The van der Waals surface area contributed by atoms with Crippen molar-refractivity contribution in [1.29, 1.82) is 0 Å². The Morgan fingerprint density at radius 3 is 2.33 bits per heavy atom. The lowest BCUT2D eigenvalue weighted by atomic mass is 9.88. The van der Waals surface area contributed by atoms with Crippen molar-refractivity contribution in [3.63, 3.8) is 0 Å². The molecular weight excluding hydrogens is 260 g/mol. The van der Waals surface area contributed by atoms with Crippen LogP contribution in [0.5, 0.6) is 0 Å². The highest BCUT2D eigenvalue weighted by molar-refractivity contribution is 5.63. The molecular formula is C18H22N2O. The third-order valence-electron chi connectivity index (χ3n) is 4.22. The fraction of sp³-hybridized carbons (Fsp3) is 0.333. The molecule has 3 N–H and O–H groups in total. The number of nitrogens with two attached hydrogens (primary N) is 1. The van der Waals surface area contributed by atoms with Gasteiger partial charge in [-0.3, -0.25) is 11.3 Å². The Hall–Kier alpha value is -1.68. The summed E-state index contributed by atoms with van der Waals surface area (Å²) in [6, 6.07) is 19.2. The zero-order valence-electron chi connectivity index (χ0n) is 12.2. The molecule has 1 fully saturated rings. The van der Waals surface area contributed by atoms with Gasteiger partial charge in [0.2, 0.25) is 0 Å². The maximum Gasteiger partial charge on any atom is 0.0513 e. The number of hydrogen-bond donors (Lipinski definition) is 2. The van der Waals surface area contributed by atoms with E-state index in [2.05, 4.69) is 54.0 Å². The van der Waals surface area contributed by atoms with Crippen LogP contribution in [-0.2, 0) is 4.74 Å². The van der Waals surface area contributed by atoms with Gasteiger partial charge in [0.1, 0.15) is 0 Å². The van der Waals surface area contributed by atoms with Crippen molar-refractivity contribution in [2.45, 2.75) is 18.9 Å². The van der Waals surface area contributed by atoms with Crippen LogP contribution >= 0.6 is 0 Å². The van der Waals surface area contributed by atoms with Crippen molar-refractivity contribution < 1.29 is 4.74 Å². The molecule has 2 atom stereocenters. The maximum absolute atomic E-state index is 5.78. The fourth-order valence-corrected chi connectivity index (χ4v) is 3.05. The number of rotatable bonds is 4. The topological polar surface area (TPSA) is 47.3 Å². The van der Waals surface area contributed by atoms with Gasteiger partial charge in [-0.2, -0.15) is 0 Å². The largest absolute Gasteiger partial charge is 0.381 e. The van der Waals surface area contributed by atoms with Crippen LogP contribution in [0.4, 0.5) is 0 Å². The van der Waals surface area contributed by atoms with E-state index in [-0.39, 0.29) is 6.04 Å². The van der Waals surface area contributed by atoms with Crippen LogP contribution < -0.4 is 11.3 Å². The second-order valence-corrected chi connectivity index (χ2v) is 5.61. The average molecular weight is 282 g/mol. The van der Waals surface area contributed by atoms with Gasteiger partial charge < -0.3 is 4.74 Å². The van der Waals surface area contributed by atoms with Crippen LogP contribution in [-0.4, -0.2) is 13.2 Å². The molecule has 0 radical (unpaired) electrons. The van der Waals surface area contributed by atoms with Gasteiger partial charge in [0.15, 0.2) is 0 Å². The molecule has 0 bridgehead atoms. The van der Waals surface area contributed by atoms with E-state index in [4.69, 9.17) is 10.6 Å². The summed E-state index contributed by atoms with van der Waals surface area (Å²) < 4.78 is 5.58. The summed E-state index contributed by atoms with van der Waals surface area (Å²) in [7, 11) is 0. The van der Waals surface area contributed by atoms with Crippen LogP contribution in [0, 0.1) is 5.92 Å². The van der Waals surface area contributed by atoms with Gasteiger partial charge in [-0.15, -0.1) is 0 Å². The van der Waals surface area contributed by atoms with Crippen molar-refractivity contribution in [2.24, 2.45) is 11.8 Å². The molecule has 2 aromatic rings. The van der Waals surface area contributed by atoms with Crippen LogP contribution in [0.15, 0.2) is 54.6 Å². The Balaban J connectivity index is 1.79. The van der Waals surface area contributed by atoms with Crippen molar-refractivity contribution in [2.75, 3.05) is 13.2 Å². The van der Waals surface area contributed by atoms with Crippen molar-refractivity contribution in [3.05, 3.63) is 60.2 Å². The monoisotopic (exact) mass is 282 g/mol. The minimum Gasteiger partial charge on any atom is -0.381 e. The van der Waals surface area contributed by atoms with E-state index in [9.17, 15) is 0 Å². The first-order valence-corrected chi connectivity index (χ1v) is 7.58. The van der Waals surface area contributed by atoms with Gasteiger partial charge in [-0.1, -0.05) is 54.6 Å². The van der Waals surface area contributed by atoms with Gasteiger partial charge in [-0.25, -0.2) is 0 Å². The molecule has 0 amide bonds. The molecule has 3 rings (SSSR count). The number of hydrazine groups is 1. The predicted octanol–water partition coefficient (Wildman–Crippen LogP) is 3.28. The van der Waals surface area contributed by atoms with E-state index in [1.54, 1.807) is 0 Å². The summed E-state index contributed by atoms with van der Waals surface area (Å²) in [5.41, 5.74) is 6.67. The van der Waals surface area contributed by atoms with Gasteiger partial charge in [0, 0.05) is 12.5 Å². The Kier molecular flexibility index (Phi) is 4.65. The number of nitrogens with one attached hydrogen (secondary N) is 1. The van der Waals surface area contributed by atoms with Gasteiger partial charge >= 0.3 is 0 Å². The fourth-order valence-electron chi connectivity index (χ4n) is 3.05. The lowest BCUT2D eigenvalue weighted by Crippen LogP contribution is -2.37. The highest BCUT2D eigenvalue weighted by Gasteiger charge is 2.24. The minimum atomic E-state index is 0.162. The third-order valence-corrected chi connectivity index (χ3v) is 4.22. The second-order valence-electron chi connectivity index (χ2n) is 5.61. The number of hydrogen-bond acceptors (Lipinski definition) is 3. The van der Waals surface area contributed by atoms with Gasteiger partial charge in [-0.05, 0) is 29.5 Å². The Morgan fingerprint density at radius 2 is 1.71 bits per heavy atom. The van der Waals surface area contributed by atoms with Gasteiger partial charge in [0.25, 0.3) is 0 Å². The molecule has 0 aliphatic carbocycles. The summed E-state index contributed by atoms with van der Waals surface area (Å²) in [4.78, 5) is 0. The van der Waals surface area contributed by atoms with E-state index in [1.807, 2.05) is 6.07 Å². The molecule has 1 aliphatic heterocycles. The lowest BCUT2D eigenvalue weighted by molar-refractivity contribution is 0.0390. The molecule has 110 valence electrons. The molecule has 3 nitrogen and oxygen atoms in total. The Labute approximate surface area is 126 Å². The maximum atomic E-state index is 5.78. The van der Waals surface area contributed by atoms with Crippen molar-refractivity contribution >= 4 is 0 Å². The molecule has 1 heterocycles. The second kappa shape index (κ2) is 6.85. The zero-order valence-corrected chi connectivity index (χ0v) is 12.2. The van der Waals surface area contributed by atoms with E-state index in [1.165, 1.54) is 16.7 Å². The first kappa shape index (κ1) is 14.3. The smallest absolute Gasteiger partial charge is 0.0513 e. The zero-order chi connectivity index (χ0) is 14.5. The summed E-state index contributed by atoms with van der Waals surface area (Å²) in [6.07, 6.45) is 2.28. The molecule has 3 heteroatoms. The summed E-state index contributed by atoms with van der Waals surface area (Å²) in [5.74, 6) is 6.23. The number of ether oxygens (including phenoxy) is 1. The normalized spacial score (nSPS) is 20.1. The summed E-state index contributed by atoms with van der Waals surface area (Å²) in [5, 5.41) is 0. The molecule has 21 heavy (non-hydrogen) atoms. The Bertz CT molecular complexity index is 547. The van der Waals surface area contributed by atoms with Crippen molar-refractivity contribution in [1.82, 2.24) is 5.43 Å². The summed E-state index contributed by atoms with van der Waals surface area (Å²) >= 11 is 0. The van der Waals surface area contributed by atoms with E-state index < -0.39 is 0 Å². The third kappa shape index (κ3) is 3.32. The lowest BCUT2D eigenvalue weighted by Gasteiger charge is -2.30. The van der Waals surface area contributed by atoms with E-state index in [0.717, 1.165) is 26.1 Å². The molecule has 2 unspecified atom stereocenters. The van der Waals surface area contributed by atoms with Gasteiger partial charge in [0.05, 0.1) is 12.6 Å². The molecule has 0 aromatic heterocycles. The van der Waals surface area contributed by atoms with Crippen molar-refractivity contribution in [3.8, 4) is 11.1 Å². The number of benzene rings is 2. The van der Waals surface area contributed by atoms with E-state index in [0.29, 0.717) is 5.92 Å². The van der Waals surface area contributed by atoms with Crippen LogP contribution in [0.1, 0.15) is 24.4 Å². The van der Waals surface area contributed by atoms with Crippen LogP contribution in [0.25, 0.3) is 11.1 Å². The molecule has 0 saturated carbocycles. The first-order chi connectivity index (χ1) is 10.4. The highest BCUT2D eigenvalue weighted by Crippen LogP contribution is 2.29. The molecule has 2 aromatic carbocycles. The predicted molar refractivity (Wildman–Crippen MR) is 85.5 cm³/mol. The Morgan fingerprint density at radius 1 is 1.00 bits per heavy atom. The standard InChI is InChI=1S/C18H22N2O/c19-20-18(17-7-4-12-21-13-17)16-10-8-15(9-11-16)14-5-2-1-3-6-14/h1-3,5-6,8-11,17-18,20H,4,7,12-13,19H2. The average Bonchev–Trinajstić information content (AvgIpc) is 2.58. The van der Waals surface area contributed by atoms with E-state index >= 15 is 0 Å². The highest BCUT2D eigenvalue weighted by atomic mass is 16.5. The minimum absolute atomic E-state index is 0.162. The summed E-state index contributed by atoms with van der Waals surface area (Å²) in [6.45, 7) is 1.66.